The van der Waals surface area contributed by atoms with E-state index in [2.05, 4.69) is 20.6 Å². The Morgan fingerprint density at radius 2 is 1.75 bits per heavy atom. The summed E-state index contributed by atoms with van der Waals surface area (Å²) in [5.41, 5.74) is 5.36. The van der Waals surface area contributed by atoms with Crippen molar-refractivity contribution >= 4 is 34.0 Å². The Labute approximate surface area is 163 Å². The van der Waals surface area contributed by atoms with Gasteiger partial charge in [-0.25, -0.2) is 4.98 Å². The molecule has 138 valence electrons. The SMILES string of the molecule is Cc1ccc(NC(=O)c2ccc(Nc3cccc4cccnc34)nc2)cc1C. The molecule has 0 fully saturated rings. The summed E-state index contributed by atoms with van der Waals surface area (Å²) < 4.78 is 0. The Bertz CT molecular complexity index is 1150. The number of hydrogen-bond acceptors (Lipinski definition) is 4. The topological polar surface area (TPSA) is 66.9 Å². The highest BCUT2D eigenvalue weighted by molar-refractivity contribution is 6.04. The molecule has 0 radical (unpaired) electrons. The highest BCUT2D eigenvalue weighted by Gasteiger charge is 2.08. The van der Waals surface area contributed by atoms with Crippen LogP contribution in [0.4, 0.5) is 17.2 Å². The molecule has 0 bridgehead atoms. The smallest absolute Gasteiger partial charge is 0.257 e. The number of amides is 1. The van der Waals surface area contributed by atoms with Gasteiger partial charge in [-0.3, -0.25) is 9.78 Å². The molecule has 2 N–H and O–H groups in total. The lowest BCUT2D eigenvalue weighted by Gasteiger charge is -2.10. The fourth-order valence-corrected chi connectivity index (χ4v) is 2.97. The van der Waals surface area contributed by atoms with Gasteiger partial charge in [0.25, 0.3) is 5.91 Å². The summed E-state index contributed by atoms with van der Waals surface area (Å²) in [7, 11) is 0. The van der Waals surface area contributed by atoms with E-state index in [0.29, 0.717) is 11.4 Å². The summed E-state index contributed by atoms with van der Waals surface area (Å²) in [5, 5.41) is 7.23. The summed E-state index contributed by atoms with van der Waals surface area (Å²) >= 11 is 0. The fourth-order valence-electron chi connectivity index (χ4n) is 2.97. The second kappa shape index (κ2) is 7.48. The van der Waals surface area contributed by atoms with Crippen LogP contribution < -0.4 is 10.6 Å². The van der Waals surface area contributed by atoms with Crippen molar-refractivity contribution in [2.75, 3.05) is 10.6 Å². The number of aromatic nitrogens is 2. The summed E-state index contributed by atoms with van der Waals surface area (Å²) in [6, 6.07) is 19.3. The van der Waals surface area contributed by atoms with Gasteiger partial charge in [-0.15, -0.1) is 0 Å². The maximum Gasteiger partial charge on any atom is 0.257 e. The minimum atomic E-state index is -0.186. The van der Waals surface area contributed by atoms with Crippen LogP contribution in [0.1, 0.15) is 21.5 Å². The van der Waals surface area contributed by atoms with Crippen LogP contribution in [-0.2, 0) is 0 Å². The van der Waals surface area contributed by atoms with Crippen LogP contribution >= 0.6 is 0 Å². The Balaban J connectivity index is 1.50. The monoisotopic (exact) mass is 368 g/mol. The molecular formula is C23H20N4O. The van der Waals surface area contributed by atoms with Gasteiger partial charge >= 0.3 is 0 Å². The van der Waals surface area contributed by atoms with Crippen LogP contribution in [0.25, 0.3) is 10.9 Å². The highest BCUT2D eigenvalue weighted by Crippen LogP contribution is 2.24. The van der Waals surface area contributed by atoms with Crippen molar-refractivity contribution in [1.29, 1.82) is 0 Å². The van der Waals surface area contributed by atoms with Gasteiger partial charge in [-0.2, -0.15) is 0 Å². The van der Waals surface area contributed by atoms with Gasteiger partial charge in [-0.1, -0.05) is 24.3 Å². The first-order valence-electron chi connectivity index (χ1n) is 9.05. The quantitative estimate of drug-likeness (QED) is 0.517. The lowest BCUT2D eigenvalue weighted by atomic mass is 10.1. The number of pyridine rings is 2. The molecule has 4 aromatic rings. The number of rotatable bonds is 4. The molecule has 0 saturated heterocycles. The van der Waals surface area contributed by atoms with Crippen LogP contribution in [0.15, 0.2) is 73.1 Å². The van der Waals surface area contributed by atoms with E-state index in [1.54, 1.807) is 24.5 Å². The molecule has 5 heteroatoms. The predicted octanol–water partition coefficient (Wildman–Crippen LogP) is 5.24. The lowest BCUT2D eigenvalue weighted by molar-refractivity contribution is 0.102. The van der Waals surface area contributed by atoms with Crippen molar-refractivity contribution in [2.24, 2.45) is 0 Å². The van der Waals surface area contributed by atoms with Gasteiger partial charge in [0, 0.05) is 23.5 Å². The molecule has 1 amide bonds. The number of carbonyl (C=O) groups excluding carboxylic acids is 1. The molecule has 0 aliphatic carbocycles. The Hall–Kier alpha value is -3.73. The van der Waals surface area contributed by atoms with Crippen molar-refractivity contribution in [1.82, 2.24) is 9.97 Å². The zero-order valence-corrected chi connectivity index (χ0v) is 15.7. The highest BCUT2D eigenvalue weighted by atomic mass is 16.1. The van der Waals surface area contributed by atoms with Gasteiger partial charge in [0.05, 0.1) is 16.8 Å². The molecule has 0 spiro atoms. The number of fused-ring (bicyclic) bond motifs is 1. The molecule has 0 saturated carbocycles. The number of para-hydroxylation sites is 1. The lowest BCUT2D eigenvalue weighted by Crippen LogP contribution is -2.12. The average Bonchev–Trinajstić information content (AvgIpc) is 2.71. The van der Waals surface area contributed by atoms with Crippen molar-refractivity contribution in [3.8, 4) is 0 Å². The molecule has 0 unspecified atom stereocenters. The third-order valence-corrected chi connectivity index (χ3v) is 4.69. The Kier molecular flexibility index (Phi) is 4.72. The van der Waals surface area contributed by atoms with E-state index in [-0.39, 0.29) is 5.91 Å². The van der Waals surface area contributed by atoms with E-state index in [4.69, 9.17) is 0 Å². The van der Waals surface area contributed by atoms with Crippen LogP contribution in [0.3, 0.4) is 0 Å². The molecule has 4 rings (SSSR count). The number of carbonyl (C=O) groups is 1. The summed E-state index contributed by atoms with van der Waals surface area (Å²) in [4.78, 5) is 21.3. The van der Waals surface area contributed by atoms with Crippen molar-refractivity contribution < 1.29 is 4.79 Å². The number of benzene rings is 2. The normalized spacial score (nSPS) is 10.6. The van der Waals surface area contributed by atoms with Crippen molar-refractivity contribution in [3.05, 3.63) is 89.7 Å². The number of anilines is 3. The molecule has 0 atom stereocenters. The van der Waals surface area contributed by atoms with Crippen LogP contribution in [-0.4, -0.2) is 15.9 Å². The van der Waals surface area contributed by atoms with Crippen LogP contribution in [0.2, 0.25) is 0 Å². The largest absolute Gasteiger partial charge is 0.338 e. The molecule has 5 nitrogen and oxygen atoms in total. The van der Waals surface area contributed by atoms with Gasteiger partial charge in [0.1, 0.15) is 5.82 Å². The maximum absolute atomic E-state index is 12.5. The average molecular weight is 368 g/mol. The van der Waals surface area contributed by atoms with Crippen LogP contribution in [0.5, 0.6) is 0 Å². The van der Waals surface area contributed by atoms with E-state index < -0.39 is 0 Å². The second-order valence-electron chi connectivity index (χ2n) is 6.69. The van der Waals surface area contributed by atoms with Gasteiger partial charge in [-0.05, 0) is 61.4 Å². The van der Waals surface area contributed by atoms with Crippen molar-refractivity contribution in [3.63, 3.8) is 0 Å². The molecule has 0 aliphatic heterocycles. The zero-order chi connectivity index (χ0) is 19.5. The fraction of sp³-hybridized carbons (Fsp3) is 0.0870. The minimum Gasteiger partial charge on any atom is -0.338 e. The van der Waals surface area contributed by atoms with Crippen molar-refractivity contribution in [2.45, 2.75) is 13.8 Å². The van der Waals surface area contributed by atoms with E-state index >= 15 is 0 Å². The predicted molar refractivity (Wildman–Crippen MR) is 113 cm³/mol. The molecular weight excluding hydrogens is 348 g/mol. The summed E-state index contributed by atoms with van der Waals surface area (Å²) in [5.74, 6) is 0.468. The van der Waals surface area contributed by atoms with E-state index in [0.717, 1.165) is 27.8 Å². The maximum atomic E-state index is 12.5. The number of hydrogen-bond donors (Lipinski definition) is 2. The summed E-state index contributed by atoms with van der Waals surface area (Å²) in [6.07, 6.45) is 3.33. The molecule has 2 aromatic carbocycles. The minimum absolute atomic E-state index is 0.186. The Morgan fingerprint density at radius 1 is 0.893 bits per heavy atom. The van der Waals surface area contributed by atoms with Gasteiger partial charge < -0.3 is 10.6 Å². The number of aryl methyl sites for hydroxylation is 2. The zero-order valence-electron chi connectivity index (χ0n) is 15.7. The second-order valence-corrected chi connectivity index (χ2v) is 6.69. The van der Waals surface area contributed by atoms with E-state index in [1.165, 1.54) is 5.56 Å². The number of nitrogens with one attached hydrogen (secondary N) is 2. The summed E-state index contributed by atoms with van der Waals surface area (Å²) in [6.45, 7) is 4.07. The van der Waals surface area contributed by atoms with E-state index in [1.807, 2.05) is 62.4 Å². The third kappa shape index (κ3) is 3.69. The first-order valence-corrected chi connectivity index (χ1v) is 9.05. The van der Waals surface area contributed by atoms with Crippen LogP contribution in [0, 0.1) is 13.8 Å². The third-order valence-electron chi connectivity index (χ3n) is 4.69. The first kappa shape index (κ1) is 17.7. The molecule has 0 aliphatic rings. The first-order chi connectivity index (χ1) is 13.6. The number of nitrogens with zero attached hydrogens (tertiary/aromatic N) is 2. The Morgan fingerprint density at radius 3 is 2.54 bits per heavy atom. The molecule has 2 heterocycles. The van der Waals surface area contributed by atoms with Gasteiger partial charge in [0.15, 0.2) is 0 Å². The molecule has 2 aromatic heterocycles. The standard InChI is InChI=1S/C23H20N4O/c1-15-8-10-19(13-16(15)2)26-23(28)18-9-11-21(25-14-18)27-20-7-3-5-17-6-4-12-24-22(17)20/h3-14H,1-2H3,(H,25,27)(H,26,28). The van der Waals surface area contributed by atoms with E-state index in [9.17, 15) is 4.79 Å². The molecule has 28 heavy (non-hydrogen) atoms. The van der Waals surface area contributed by atoms with Gasteiger partial charge in [0.2, 0.25) is 0 Å².